The van der Waals surface area contributed by atoms with E-state index < -0.39 is 0 Å². The van der Waals surface area contributed by atoms with Gasteiger partial charge in [-0.15, -0.1) is 0 Å². The molecule has 2 unspecified atom stereocenters. The molecule has 4 atom stereocenters. The lowest BCUT2D eigenvalue weighted by Crippen LogP contribution is -2.54. The van der Waals surface area contributed by atoms with Gasteiger partial charge in [0.2, 0.25) is 6.41 Å². The van der Waals surface area contributed by atoms with Gasteiger partial charge in [-0.3, -0.25) is 4.79 Å². The Morgan fingerprint density at radius 1 is 1.08 bits per heavy atom. The molecular formula is C29H39Cl2N5O. The molecule has 2 aliphatic heterocycles. The van der Waals surface area contributed by atoms with Gasteiger partial charge in [0.1, 0.15) is 5.82 Å². The Hall–Kier alpha value is -2.25. The summed E-state index contributed by atoms with van der Waals surface area (Å²) in [4.78, 5) is 16.0. The molecule has 0 bridgehead atoms. The summed E-state index contributed by atoms with van der Waals surface area (Å²) < 4.78 is 0. The Balaban J connectivity index is 1.45. The van der Waals surface area contributed by atoms with Gasteiger partial charge >= 0.3 is 0 Å². The van der Waals surface area contributed by atoms with Gasteiger partial charge in [0.25, 0.3) is 0 Å². The molecule has 8 heteroatoms. The molecule has 0 aliphatic carbocycles. The van der Waals surface area contributed by atoms with Crippen molar-refractivity contribution >= 4 is 41.0 Å². The van der Waals surface area contributed by atoms with Gasteiger partial charge in [0, 0.05) is 59.2 Å². The Morgan fingerprint density at radius 2 is 1.81 bits per heavy atom. The lowest BCUT2D eigenvalue weighted by atomic mass is 9.96. The van der Waals surface area contributed by atoms with Crippen LogP contribution in [0.5, 0.6) is 0 Å². The lowest BCUT2D eigenvalue weighted by molar-refractivity contribution is -0.107. The molecule has 1 amide bonds. The van der Waals surface area contributed by atoms with Crippen LogP contribution in [0.2, 0.25) is 10.0 Å². The highest BCUT2D eigenvalue weighted by Crippen LogP contribution is 2.25. The molecule has 0 aromatic heterocycles. The third-order valence-corrected chi connectivity index (χ3v) is 7.78. The van der Waals surface area contributed by atoms with Crippen molar-refractivity contribution in [1.29, 1.82) is 0 Å². The quantitative estimate of drug-likeness (QED) is 0.363. The summed E-state index contributed by atoms with van der Waals surface area (Å²) in [5, 5.41) is 12.2. The van der Waals surface area contributed by atoms with Crippen LogP contribution in [0.15, 0.2) is 54.4 Å². The third kappa shape index (κ3) is 7.87. The maximum absolute atomic E-state index is 11.9. The largest absolute Gasteiger partial charge is 0.355 e. The van der Waals surface area contributed by atoms with Gasteiger partial charge in [-0.25, -0.2) is 0 Å². The van der Waals surface area contributed by atoms with E-state index in [4.69, 9.17) is 23.2 Å². The molecule has 2 fully saturated rings. The van der Waals surface area contributed by atoms with E-state index in [0.29, 0.717) is 41.1 Å². The summed E-state index contributed by atoms with van der Waals surface area (Å²) in [6.45, 7) is 10.3. The van der Waals surface area contributed by atoms with Crippen molar-refractivity contribution in [3.05, 3.63) is 70.0 Å². The molecule has 0 saturated carbocycles. The lowest BCUT2D eigenvalue weighted by Gasteiger charge is -2.40. The number of amides is 1. The minimum absolute atomic E-state index is 0.365. The number of carbonyl (C=O) groups is 1. The highest BCUT2D eigenvalue weighted by atomic mass is 35.5. The number of nitrogens with zero attached hydrogens (tertiary/aromatic N) is 2. The zero-order valence-corrected chi connectivity index (χ0v) is 23.5. The number of carbonyl (C=O) groups excluding carboxylic acids is 1. The van der Waals surface area contributed by atoms with Crippen molar-refractivity contribution in [3.8, 4) is 0 Å². The molecule has 2 aliphatic rings. The monoisotopic (exact) mass is 543 g/mol. The Kier molecular flexibility index (Phi) is 9.77. The average molecular weight is 545 g/mol. The number of nitrogens with one attached hydrogen (secondary N) is 3. The Morgan fingerprint density at radius 3 is 2.43 bits per heavy atom. The maximum atomic E-state index is 11.9. The third-order valence-electron chi connectivity index (χ3n) is 7.19. The van der Waals surface area contributed by atoms with E-state index in [-0.39, 0.29) is 0 Å². The molecular weight excluding hydrogens is 505 g/mol. The maximum Gasteiger partial charge on any atom is 0.214 e. The van der Waals surface area contributed by atoms with Crippen LogP contribution in [0.25, 0.3) is 0 Å². The first-order valence-corrected chi connectivity index (χ1v) is 14.1. The average Bonchev–Trinajstić information content (AvgIpc) is 2.86. The van der Waals surface area contributed by atoms with E-state index in [9.17, 15) is 4.79 Å². The number of rotatable bonds is 9. The zero-order chi connectivity index (χ0) is 26.4. The predicted molar refractivity (Wildman–Crippen MR) is 156 cm³/mol. The summed E-state index contributed by atoms with van der Waals surface area (Å²) >= 11 is 12.3. The first kappa shape index (κ1) is 27.8. The fourth-order valence-electron chi connectivity index (χ4n) is 5.20. The van der Waals surface area contributed by atoms with Crippen molar-refractivity contribution in [2.45, 2.75) is 58.2 Å². The van der Waals surface area contributed by atoms with Crippen LogP contribution in [-0.4, -0.2) is 55.6 Å². The first-order valence-electron chi connectivity index (χ1n) is 13.3. The van der Waals surface area contributed by atoms with Gasteiger partial charge < -0.3 is 25.8 Å². The van der Waals surface area contributed by atoms with E-state index in [1.165, 1.54) is 6.42 Å². The summed E-state index contributed by atoms with van der Waals surface area (Å²) in [5.41, 5.74) is 2.82. The van der Waals surface area contributed by atoms with Crippen molar-refractivity contribution in [2.75, 3.05) is 36.4 Å². The SMILES string of the molecule is CC1CCC(/C=C(/Nc2ccc(N(C=O)CCc3ccc(Cl)cc3Cl)cc2)N2C[C@H](C)N[C@@H](C)C2)NC1. The van der Waals surface area contributed by atoms with Crippen LogP contribution in [-0.2, 0) is 11.2 Å². The summed E-state index contributed by atoms with van der Waals surface area (Å²) in [5.74, 6) is 1.87. The van der Waals surface area contributed by atoms with Gasteiger partial charge in [0.05, 0.1) is 0 Å². The number of piperazine rings is 1. The molecule has 2 heterocycles. The summed E-state index contributed by atoms with van der Waals surface area (Å²) in [7, 11) is 0. The van der Waals surface area contributed by atoms with E-state index in [2.05, 4.69) is 47.7 Å². The molecule has 6 nitrogen and oxygen atoms in total. The number of benzene rings is 2. The van der Waals surface area contributed by atoms with Crippen molar-refractivity contribution in [1.82, 2.24) is 15.5 Å². The van der Waals surface area contributed by atoms with Crippen LogP contribution in [0.3, 0.4) is 0 Å². The van der Waals surface area contributed by atoms with Gasteiger partial charge in [0.15, 0.2) is 0 Å². The Labute approximate surface area is 231 Å². The van der Waals surface area contributed by atoms with Crippen LogP contribution < -0.4 is 20.9 Å². The molecule has 2 aromatic rings. The smallest absolute Gasteiger partial charge is 0.214 e. The predicted octanol–water partition coefficient (Wildman–Crippen LogP) is 5.52. The van der Waals surface area contributed by atoms with E-state index in [1.807, 2.05) is 36.4 Å². The van der Waals surface area contributed by atoms with Crippen molar-refractivity contribution in [3.63, 3.8) is 0 Å². The number of hydrogen-bond donors (Lipinski definition) is 3. The normalized spacial score (nSPS) is 24.6. The summed E-state index contributed by atoms with van der Waals surface area (Å²) in [6.07, 6.45) is 6.27. The standard InChI is InChI=1S/C29H39Cl2N5O/c1-20-4-7-26(32-16-20)15-29(36-17-21(2)33-22(3)18-36)34-25-8-10-27(11-9-25)35(19-37)13-12-23-5-6-24(30)14-28(23)31/h5-6,8-11,14-15,19-22,26,32-34H,4,7,12-13,16-18H2,1-3H3/b29-15-/t20?,21-,22-,26?/m0/s1. The zero-order valence-electron chi connectivity index (χ0n) is 22.0. The highest BCUT2D eigenvalue weighted by Gasteiger charge is 2.24. The van der Waals surface area contributed by atoms with Crippen LogP contribution in [0.1, 0.15) is 39.2 Å². The van der Waals surface area contributed by atoms with Crippen molar-refractivity contribution in [2.24, 2.45) is 5.92 Å². The molecule has 2 saturated heterocycles. The van der Waals surface area contributed by atoms with Gasteiger partial charge in [-0.2, -0.15) is 0 Å². The molecule has 3 N–H and O–H groups in total. The molecule has 0 radical (unpaired) electrons. The minimum atomic E-state index is 0.365. The highest BCUT2D eigenvalue weighted by molar-refractivity contribution is 6.35. The van der Waals surface area contributed by atoms with Crippen LogP contribution >= 0.6 is 23.2 Å². The molecule has 37 heavy (non-hydrogen) atoms. The number of halogens is 2. The van der Waals surface area contributed by atoms with Crippen molar-refractivity contribution < 1.29 is 4.79 Å². The van der Waals surface area contributed by atoms with Crippen LogP contribution in [0.4, 0.5) is 11.4 Å². The van der Waals surface area contributed by atoms with E-state index in [0.717, 1.165) is 61.1 Å². The van der Waals surface area contributed by atoms with E-state index >= 15 is 0 Å². The van der Waals surface area contributed by atoms with E-state index in [1.54, 1.807) is 11.0 Å². The number of anilines is 2. The fourth-order valence-corrected chi connectivity index (χ4v) is 5.70. The second-order valence-corrected chi connectivity index (χ2v) is 11.4. The summed E-state index contributed by atoms with van der Waals surface area (Å²) in [6, 6.07) is 14.7. The molecule has 4 rings (SSSR count). The molecule has 200 valence electrons. The molecule has 2 aromatic carbocycles. The molecule has 0 spiro atoms. The van der Waals surface area contributed by atoms with Crippen LogP contribution in [0, 0.1) is 5.92 Å². The minimum Gasteiger partial charge on any atom is -0.355 e. The number of hydrogen-bond acceptors (Lipinski definition) is 5. The topological polar surface area (TPSA) is 59.6 Å². The second-order valence-electron chi connectivity index (χ2n) is 10.6. The van der Waals surface area contributed by atoms with Gasteiger partial charge in [-0.1, -0.05) is 36.2 Å². The fraction of sp³-hybridized carbons (Fsp3) is 0.483. The Bertz CT molecular complexity index is 1060. The second kappa shape index (κ2) is 13.0. The first-order chi connectivity index (χ1) is 17.8. The van der Waals surface area contributed by atoms with Gasteiger partial charge in [-0.05, 0) is 93.6 Å². The number of piperidine rings is 1.